The first-order chi connectivity index (χ1) is 14.7. The average molecular weight is 409 g/mol. The van der Waals surface area contributed by atoms with Gasteiger partial charge in [-0.15, -0.1) is 6.42 Å². The molecule has 146 valence electrons. The Kier molecular flexibility index (Phi) is 6.00. The second-order valence-corrected chi connectivity index (χ2v) is 7.43. The van der Waals surface area contributed by atoms with Crippen LogP contribution >= 0.6 is 11.6 Å². The van der Waals surface area contributed by atoms with E-state index in [1.165, 1.54) is 0 Å². The number of hydrogen-bond acceptors (Lipinski definition) is 1. The molecular weight excluding hydrogens is 388 g/mol. The van der Waals surface area contributed by atoms with Gasteiger partial charge in [0.15, 0.2) is 0 Å². The van der Waals surface area contributed by atoms with E-state index in [-0.39, 0.29) is 0 Å². The summed E-state index contributed by atoms with van der Waals surface area (Å²) < 4.78 is 6.89. The summed E-state index contributed by atoms with van der Waals surface area (Å²) in [6.07, 6.45) is 5.41. The summed E-state index contributed by atoms with van der Waals surface area (Å²) in [7, 11) is 0. The quantitative estimate of drug-likeness (QED) is 0.246. The first kappa shape index (κ1) is 20.0. The Bertz CT molecular complexity index is 1020. The van der Waals surface area contributed by atoms with Crippen molar-refractivity contribution in [1.82, 2.24) is 0 Å². The molecule has 4 aromatic rings. The van der Waals surface area contributed by atoms with Gasteiger partial charge in [0.05, 0.1) is 0 Å². The fourth-order valence-corrected chi connectivity index (χ4v) is 3.86. The molecule has 4 aromatic carbocycles. The minimum Gasteiger partial charge on any atom is -0.340 e. The third kappa shape index (κ3) is 3.89. The number of ether oxygens (including phenoxy) is 1. The second-order valence-electron chi connectivity index (χ2n) is 7.00. The molecule has 0 fully saturated rings. The number of terminal acetylenes is 1. The van der Waals surface area contributed by atoms with E-state index >= 15 is 0 Å². The molecule has 30 heavy (non-hydrogen) atoms. The van der Waals surface area contributed by atoms with E-state index in [0.717, 1.165) is 22.3 Å². The first-order valence-corrected chi connectivity index (χ1v) is 10.2. The molecular formula is C28H21ClO. The Morgan fingerprint density at radius 2 is 1.03 bits per heavy atom. The molecule has 0 N–H and O–H groups in total. The predicted molar refractivity (Wildman–Crippen MR) is 123 cm³/mol. The summed E-state index contributed by atoms with van der Waals surface area (Å²) >= 11 is 6.09. The zero-order valence-electron chi connectivity index (χ0n) is 16.4. The highest BCUT2D eigenvalue weighted by atomic mass is 35.5. The summed E-state index contributed by atoms with van der Waals surface area (Å²) in [5.74, 6) is 2.84. The van der Waals surface area contributed by atoms with Crippen LogP contribution in [0.4, 0.5) is 0 Å². The van der Waals surface area contributed by atoms with E-state index in [4.69, 9.17) is 22.8 Å². The molecule has 1 unspecified atom stereocenters. The van der Waals surface area contributed by atoms with Crippen LogP contribution in [-0.2, 0) is 10.3 Å². The maximum atomic E-state index is 6.89. The van der Waals surface area contributed by atoms with Crippen molar-refractivity contribution in [2.75, 3.05) is 0 Å². The Balaban J connectivity index is 1.95. The largest absolute Gasteiger partial charge is 0.340 e. The third-order valence-electron chi connectivity index (χ3n) is 5.16. The number of halogens is 1. The lowest BCUT2D eigenvalue weighted by atomic mass is 9.79. The molecule has 0 saturated heterocycles. The van der Waals surface area contributed by atoms with Crippen molar-refractivity contribution in [2.24, 2.45) is 0 Å². The molecule has 0 aliphatic heterocycles. The van der Waals surface area contributed by atoms with Crippen LogP contribution in [0.5, 0.6) is 0 Å². The Hall–Kier alpha value is -3.31. The van der Waals surface area contributed by atoms with Gasteiger partial charge in [0, 0.05) is 5.02 Å². The number of benzene rings is 4. The number of hydrogen-bond donors (Lipinski definition) is 0. The summed E-state index contributed by atoms with van der Waals surface area (Å²) in [4.78, 5) is 0. The lowest BCUT2D eigenvalue weighted by Gasteiger charge is -2.38. The van der Waals surface area contributed by atoms with Crippen LogP contribution in [0.1, 0.15) is 28.4 Å². The topological polar surface area (TPSA) is 9.23 Å². The van der Waals surface area contributed by atoms with E-state index < -0.39 is 11.7 Å². The van der Waals surface area contributed by atoms with Crippen molar-refractivity contribution < 1.29 is 4.74 Å². The lowest BCUT2D eigenvalue weighted by molar-refractivity contribution is -0.0212. The standard InChI is InChI=1S/C28H21ClO/c1-2-27(22-18-20-26(29)21-19-22)30-28(23-12-6-3-7-13-23,24-14-8-4-9-15-24)25-16-10-5-11-17-25/h1,3-21,27H. The second kappa shape index (κ2) is 9.01. The van der Waals surface area contributed by atoms with Crippen LogP contribution in [0, 0.1) is 12.3 Å². The number of rotatable bonds is 6. The summed E-state index contributed by atoms with van der Waals surface area (Å²) in [5.41, 5.74) is 3.04. The molecule has 0 radical (unpaired) electrons. The Morgan fingerprint density at radius 3 is 1.40 bits per heavy atom. The van der Waals surface area contributed by atoms with Gasteiger partial charge in [0.2, 0.25) is 0 Å². The zero-order valence-corrected chi connectivity index (χ0v) is 17.2. The van der Waals surface area contributed by atoms with Gasteiger partial charge in [0.25, 0.3) is 0 Å². The van der Waals surface area contributed by atoms with Crippen molar-refractivity contribution >= 4 is 11.6 Å². The van der Waals surface area contributed by atoms with Crippen molar-refractivity contribution in [3.8, 4) is 12.3 Å². The molecule has 2 heteroatoms. The molecule has 1 atom stereocenters. The van der Waals surface area contributed by atoms with Crippen LogP contribution in [0.25, 0.3) is 0 Å². The minimum atomic E-state index is -0.875. The smallest absolute Gasteiger partial charge is 0.145 e. The maximum absolute atomic E-state index is 6.89. The highest BCUT2D eigenvalue weighted by Crippen LogP contribution is 2.43. The first-order valence-electron chi connectivity index (χ1n) is 9.80. The van der Waals surface area contributed by atoms with Crippen molar-refractivity contribution in [3.63, 3.8) is 0 Å². The highest BCUT2D eigenvalue weighted by molar-refractivity contribution is 6.30. The average Bonchev–Trinajstić information content (AvgIpc) is 2.83. The molecule has 0 aliphatic carbocycles. The van der Waals surface area contributed by atoms with Crippen LogP contribution in [0.3, 0.4) is 0 Å². The van der Waals surface area contributed by atoms with Crippen molar-refractivity contribution in [1.29, 1.82) is 0 Å². The van der Waals surface area contributed by atoms with Gasteiger partial charge in [0.1, 0.15) is 11.7 Å². The highest BCUT2D eigenvalue weighted by Gasteiger charge is 2.39. The normalized spacial score (nSPS) is 12.1. The van der Waals surface area contributed by atoms with E-state index in [1.54, 1.807) is 0 Å². The van der Waals surface area contributed by atoms with Crippen LogP contribution in [-0.4, -0.2) is 0 Å². The van der Waals surface area contributed by atoms with E-state index in [0.29, 0.717) is 5.02 Å². The fraction of sp³-hybridized carbons (Fsp3) is 0.0714. The lowest BCUT2D eigenvalue weighted by Crippen LogP contribution is -2.34. The van der Waals surface area contributed by atoms with Gasteiger partial charge in [-0.05, 0) is 34.4 Å². The monoisotopic (exact) mass is 408 g/mol. The molecule has 0 spiro atoms. The van der Waals surface area contributed by atoms with Gasteiger partial charge >= 0.3 is 0 Å². The summed E-state index contributed by atoms with van der Waals surface area (Å²) in [6.45, 7) is 0. The SMILES string of the molecule is C#CC(OC(c1ccccc1)(c1ccccc1)c1ccccc1)c1ccc(Cl)cc1. The van der Waals surface area contributed by atoms with Crippen LogP contribution in [0.2, 0.25) is 5.02 Å². The minimum absolute atomic E-state index is 0.567. The van der Waals surface area contributed by atoms with Gasteiger partial charge in [-0.3, -0.25) is 0 Å². The summed E-state index contributed by atoms with van der Waals surface area (Å²) in [6, 6.07) is 38.1. The van der Waals surface area contributed by atoms with Crippen molar-refractivity contribution in [3.05, 3.63) is 143 Å². The van der Waals surface area contributed by atoms with Crippen molar-refractivity contribution in [2.45, 2.75) is 11.7 Å². The van der Waals surface area contributed by atoms with Crippen LogP contribution < -0.4 is 0 Å². The Labute approximate surface area is 182 Å². The molecule has 1 nitrogen and oxygen atoms in total. The van der Waals surface area contributed by atoms with Crippen LogP contribution in [0.15, 0.2) is 115 Å². The molecule has 0 saturated carbocycles. The molecule has 4 rings (SSSR count). The third-order valence-corrected chi connectivity index (χ3v) is 5.41. The van der Waals surface area contributed by atoms with Gasteiger partial charge in [-0.1, -0.05) is 121 Å². The van der Waals surface area contributed by atoms with Gasteiger partial charge < -0.3 is 4.74 Å². The van der Waals surface area contributed by atoms with Gasteiger partial charge in [-0.25, -0.2) is 0 Å². The molecule has 0 aromatic heterocycles. The molecule has 0 aliphatic rings. The summed E-state index contributed by atoms with van der Waals surface area (Å²) in [5, 5.41) is 0.662. The van der Waals surface area contributed by atoms with E-state index in [2.05, 4.69) is 42.3 Å². The zero-order chi connectivity index (χ0) is 20.8. The van der Waals surface area contributed by atoms with Gasteiger partial charge in [-0.2, -0.15) is 0 Å². The fourth-order valence-electron chi connectivity index (χ4n) is 3.74. The Morgan fingerprint density at radius 1 is 0.633 bits per heavy atom. The predicted octanol–water partition coefficient (Wildman–Crippen LogP) is 7.02. The van der Waals surface area contributed by atoms with E-state index in [9.17, 15) is 0 Å². The molecule has 0 bridgehead atoms. The molecule has 0 heterocycles. The maximum Gasteiger partial charge on any atom is 0.145 e. The molecule has 0 amide bonds. The van der Waals surface area contributed by atoms with E-state index in [1.807, 2.05) is 78.9 Å².